The maximum Gasteiger partial charge on any atom is 0.405 e. The molecule has 2 aromatic carbocycles. The molecule has 4 heterocycles. The fourth-order valence-electron chi connectivity index (χ4n) is 5.87. The summed E-state index contributed by atoms with van der Waals surface area (Å²) in [6.07, 6.45) is 2.08. The molecule has 1 saturated heterocycles. The quantitative estimate of drug-likeness (QED) is 0.112. The Bertz CT molecular complexity index is 1790. The van der Waals surface area contributed by atoms with Crippen molar-refractivity contribution in [1.29, 1.82) is 0 Å². The van der Waals surface area contributed by atoms with Gasteiger partial charge in [0.2, 0.25) is 0 Å². The van der Waals surface area contributed by atoms with E-state index >= 15 is 0 Å². The standard InChI is InChI=1S/C31H36N7O5P/c1-21-29(39)27(43-31(21,19-33-2)28-13-12-26-30(32)35-20-36-38(26)28)18-42-44(40,41-17-22-8-4-3-5-9-22)37-15-14-23-16-34-25-11-7-6-10-24(23)25/h3-13,16,20-21,27,29,34,39H,2,14-15,17-19H2,1H3,(H,37,40)(H2,32,35,36). The highest BCUT2D eigenvalue weighted by Gasteiger charge is 2.55. The smallest absolute Gasteiger partial charge is 0.390 e. The van der Waals surface area contributed by atoms with Gasteiger partial charge in [-0.25, -0.2) is 19.2 Å². The average molecular weight is 618 g/mol. The molecule has 0 amide bonds. The fourth-order valence-corrected chi connectivity index (χ4v) is 7.18. The molecule has 0 bridgehead atoms. The van der Waals surface area contributed by atoms with Crippen molar-refractivity contribution in [2.75, 3.05) is 25.4 Å². The Morgan fingerprint density at radius 2 is 1.98 bits per heavy atom. The Hall–Kier alpha value is -3.90. The summed E-state index contributed by atoms with van der Waals surface area (Å²) < 4.78 is 34.2. The number of aliphatic hydroxyl groups is 1. The number of para-hydroxylation sites is 1. The highest BCUT2D eigenvalue weighted by atomic mass is 31.2. The van der Waals surface area contributed by atoms with Gasteiger partial charge in [-0.2, -0.15) is 5.10 Å². The molecule has 5 atom stereocenters. The molecule has 0 radical (unpaired) electrons. The number of nitrogen functional groups attached to an aromatic ring is 1. The second-order valence-corrected chi connectivity index (χ2v) is 12.8. The maximum atomic E-state index is 14.1. The van der Waals surface area contributed by atoms with E-state index in [0.29, 0.717) is 30.0 Å². The number of anilines is 1. The van der Waals surface area contributed by atoms with Crippen LogP contribution in [-0.2, 0) is 37.0 Å². The summed E-state index contributed by atoms with van der Waals surface area (Å²) in [7, 11) is -3.85. The second-order valence-electron chi connectivity index (χ2n) is 10.9. The van der Waals surface area contributed by atoms with Crippen LogP contribution >= 0.6 is 7.75 Å². The van der Waals surface area contributed by atoms with Crippen LogP contribution < -0.4 is 10.8 Å². The molecule has 0 aliphatic carbocycles. The van der Waals surface area contributed by atoms with Crippen molar-refractivity contribution in [1.82, 2.24) is 24.7 Å². The topological polar surface area (TPSA) is 161 Å². The summed E-state index contributed by atoms with van der Waals surface area (Å²) >= 11 is 0. The van der Waals surface area contributed by atoms with Crippen molar-refractivity contribution in [3.05, 3.63) is 96.1 Å². The first-order valence-corrected chi connectivity index (χ1v) is 16.0. The van der Waals surface area contributed by atoms with Crippen LogP contribution in [0.5, 0.6) is 0 Å². The van der Waals surface area contributed by atoms with Gasteiger partial charge in [-0.05, 0) is 42.5 Å². The van der Waals surface area contributed by atoms with Crippen molar-refractivity contribution in [2.24, 2.45) is 10.9 Å². The van der Waals surface area contributed by atoms with Crippen molar-refractivity contribution >= 4 is 36.7 Å². The number of H-pyrrole nitrogens is 1. The molecule has 3 aromatic heterocycles. The van der Waals surface area contributed by atoms with Gasteiger partial charge in [0.15, 0.2) is 5.82 Å². The van der Waals surface area contributed by atoms with Crippen LogP contribution in [0.15, 0.2) is 84.2 Å². The minimum atomic E-state index is -3.85. The van der Waals surface area contributed by atoms with E-state index in [9.17, 15) is 9.67 Å². The molecular formula is C31H36N7O5P. The molecule has 1 aliphatic rings. The Labute approximate surface area is 254 Å². The molecule has 12 nitrogen and oxygen atoms in total. The number of aromatic nitrogens is 4. The number of benzene rings is 2. The lowest BCUT2D eigenvalue weighted by Crippen LogP contribution is -2.38. The predicted molar refractivity (Wildman–Crippen MR) is 168 cm³/mol. The first-order chi connectivity index (χ1) is 21.3. The van der Waals surface area contributed by atoms with E-state index in [1.54, 1.807) is 10.6 Å². The molecule has 1 fully saturated rings. The van der Waals surface area contributed by atoms with Gasteiger partial charge in [-0.1, -0.05) is 55.5 Å². The summed E-state index contributed by atoms with van der Waals surface area (Å²) in [5.74, 6) is -0.135. The molecule has 6 rings (SSSR count). The van der Waals surface area contributed by atoms with Crippen LogP contribution in [0.3, 0.4) is 0 Å². The maximum absolute atomic E-state index is 14.1. The lowest BCUT2D eigenvalue weighted by atomic mass is 9.83. The van der Waals surface area contributed by atoms with E-state index < -0.39 is 31.5 Å². The van der Waals surface area contributed by atoms with E-state index in [4.69, 9.17) is 19.5 Å². The number of aliphatic hydroxyl groups excluding tert-OH is 1. The number of nitrogens with zero attached hydrogens (tertiary/aromatic N) is 4. The van der Waals surface area contributed by atoms with Crippen LogP contribution in [0.25, 0.3) is 16.4 Å². The molecule has 230 valence electrons. The molecule has 0 saturated carbocycles. The third kappa shape index (κ3) is 5.80. The van der Waals surface area contributed by atoms with Gasteiger partial charge in [-0.15, -0.1) is 0 Å². The zero-order chi connectivity index (χ0) is 30.7. The van der Waals surface area contributed by atoms with Gasteiger partial charge in [0.25, 0.3) is 0 Å². The zero-order valence-corrected chi connectivity index (χ0v) is 25.3. The van der Waals surface area contributed by atoms with Crippen LogP contribution in [0, 0.1) is 5.92 Å². The molecule has 1 aliphatic heterocycles. The minimum Gasteiger partial charge on any atom is -0.390 e. The Balaban J connectivity index is 1.20. The van der Waals surface area contributed by atoms with E-state index in [2.05, 4.69) is 31.9 Å². The van der Waals surface area contributed by atoms with E-state index in [-0.39, 0.29) is 19.8 Å². The van der Waals surface area contributed by atoms with Crippen molar-refractivity contribution in [3.8, 4) is 0 Å². The lowest BCUT2D eigenvalue weighted by molar-refractivity contribution is -0.0775. The van der Waals surface area contributed by atoms with Crippen LogP contribution in [0.1, 0.15) is 23.7 Å². The predicted octanol–water partition coefficient (Wildman–Crippen LogP) is 4.26. The molecule has 44 heavy (non-hydrogen) atoms. The number of fused-ring (bicyclic) bond motifs is 2. The van der Waals surface area contributed by atoms with Gasteiger partial charge in [0.1, 0.15) is 23.5 Å². The van der Waals surface area contributed by atoms with Gasteiger partial charge in [-0.3, -0.25) is 14.0 Å². The number of ether oxygens (including phenoxy) is 1. The highest BCUT2D eigenvalue weighted by molar-refractivity contribution is 7.51. The van der Waals surface area contributed by atoms with E-state index in [1.807, 2.05) is 73.8 Å². The molecule has 13 heteroatoms. The fraction of sp³-hybridized carbons (Fsp3) is 0.323. The lowest BCUT2D eigenvalue weighted by Gasteiger charge is -2.31. The number of aliphatic imine (C=N–C) groups is 1. The minimum absolute atomic E-state index is 0.0737. The second kappa shape index (κ2) is 12.6. The van der Waals surface area contributed by atoms with Crippen molar-refractivity contribution < 1.29 is 23.5 Å². The van der Waals surface area contributed by atoms with Crippen LogP contribution in [0.2, 0.25) is 0 Å². The highest BCUT2D eigenvalue weighted by Crippen LogP contribution is 2.49. The first-order valence-electron chi connectivity index (χ1n) is 14.4. The molecular weight excluding hydrogens is 581 g/mol. The molecule has 5 N–H and O–H groups in total. The summed E-state index contributed by atoms with van der Waals surface area (Å²) in [4.78, 5) is 11.5. The van der Waals surface area contributed by atoms with Gasteiger partial charge in [0.05, 0.1) is 31.6 Å². The van der Waals surface area contributed by atoms with Crippen molar-refractivity contribution in [2.45, 2.75) is 37.8 Å². The number of hydrogen-bond donors (Lipinski definition) is 4. The molecule has 0 spiro atoms. The Kier molecular flexibility index (Phi) is 8.64. The summed E-state index contributed by atoms with van der Waals surface area (Å²) in [6.45, 7) is 5.90. The van der Waals surface area contributed by atoms with Gasteiger partial charge < -0.3 is 20.6 Å². The number of nitrogens with one attached hydrogen (secondary N) is 2. The Morgan fingerprint density at radius 1 is 1.18 bits per heavy atom. The Morgan fingerprint density at radius 3 is 2.80 bits per heavy atom. The molecule has 5 aromatic rings. The van der Waals surface area contributed by atoms with E-state index in [0.717, 1.165) is 22.0 Å². The normalized spacial score (nSPS) is 23.3. The number of rotatable bonds is 13. The number of aromatic amines is 1. The summed E-state index contributed by atoms with van der Waals surface area (Å²) in [5.41, 5.74) is 9.18. The monoisotopic (exact) mass is 617 g/mol. The summed E-state index contributed by atoms with van der Waals surface area (Å²) in [5, 5.41) is 19.8. The number of hydrogen-bond acceptors (Lipinski definition) is 9. The van der Waals surface area contributed by atoms with Crippen molar-refractivity contribution in [3.63, 3.8) is 0 Å². The van der Waals surface area contributed by atoms with Crippen LogP contribution in [0.4, 0.5) is 5.82 Å². The number of nitrogens with two attached hydrogens (primary N) is 1. The van der Waals surface area contributed by atoms with Gasteiger partial charge >= 0.3 is 7.75 Å². The summed E-state index contributed by atoms with van der Waals surface area (Å²) in [6, 6.07) is 21.1. The zero-order valence-electron chi connectivity index (χ0n) is 24.4. The third-order valence-electron chi connectivity index (χ3n) is 8.28. The average Bonchev–Trinajstić information content (AvgIpc) is 3.73. The van der Waals surface area contributed by atoms with Crippen LogP contribution in [-0.4, -0.2) is 63.3 Å². The largest absolute Gasteiger partial charge is 0.405 e. The molecule has 5 unspecified atom stereocenters. The SMILES string of the molecule is C=NCC1(c2ccc3c(N)ncnn23)OC(COP(=O)(NCCc2c[nH]c3ccccc23)OCc2ccccc2)C(O)C1C. The van der Waals surface area contributed by atoms with Gasteiger partial charge in [0, 0.05) is 29.6 Å². The first kappa shape index (κ1) is 30.1. The third-order valence-corrected chi connectivity index (χ3v) is 9.85. The van der Waals surface area contributed by atoms with E-state index in [1.165, 1.54) is 6.33 Å².